The van der Waals surface area contributed by atoms with Crippen molar-refractivity contribution in [3.63, 3.8) is 0 Å². The molecule has 21 heavy (non-hydrogen) atoms. The number of rotatable bonds is 5. The van der Waals surface area contributed by atoms with E-state index in [-0.39, 0.29) is 11.9 Å². The van der Waals surface area contributed by atoms with Crippen LogP contribution in [0.4, 0.5) is 0 Å². The van der Waals surface area contributed by atoms with Crippen LogP contribution >= 0.6 is 11.8 Å². The molecule has 0 heterocycles. The van der Waals surface area contributed by atoms with Gasteiger partial charge < -0.3 is 4.74 Å². The predicted molar refractivity (Wildman–Crippen MR) is 87.8 cm³/mol. The summed E-state index contributed by atoms with van der Waals surface area (Å²) in [5.41, 5.74) is 3.56. The van der Waals surface area contributed by atoms with E-state index in [0.717, 1.165) is 5.56 Å². The maximum Gasteiger partial charge on any atom is 0.313 e. The molecule has 0 bridgehead atoms. The Hall–Kier alpha value is -1.74. The van der Waals surface area contributed by atoms with Gasteiger partial charge >= 0.3 is 5.97 Å². The molecular formula is C18H20O2S. The number of ether oxygens (including phenoxy) is 1. The molecule has 110 valence electrons. The molecule has 1 atom stereocenters. The normalized spacial score (nSPS) is 12.0. The van der Waals surface area contributed by atoms with Crippen molar-refractivity contribution in [2.75, 3.05) is 12.9 Å². The maximum atomic E-state index is 12.0. The van der Waals surface area contributed by atoms with Crippen molar-refractivity contribution >= 4 is 17.7 Å². The number of benzene rings is 2. The molecular weight excluding hydrogens is 280 g/mol. The molecule has 2 nitrogen and oxygen atoms in total. The van der Waals surface area contributed by atoms with Crippen LogP contribution in [0.15, 0.2) is 53.4 Å². The summed E-state index contributed by atoms with van der Waals surface area (Å²) >= 11 is 1.69. The minimum absolute atomic E-state index is 0.183. The molecule has 0 spiro atoms. The van der Waals surface area contributed by atoms with E-state index >= 15 is 0 Å². The molecule has 0 aliphatic heterocycles. The first kappa shape index (κ1) is 15.6. The Kier molecular flexibility index (Phi) is 5.45. The highest BCUT2D eigenvalue weighted by Crippen LogP contribution is 2.28. The highest BCUT2D eigenvalue weighted by atomic mass is 32.2. The summed E-state index contributed by atoms with van der Waals surface area (Å²) in [6, 6.07) is 16.2. The van der Waals surface area contributed by atoms with E-state index in [1.54, 1.807) is 11.8 Å². The topological polar surface area (TPSA) is 26.3 Å². The van der Waals surface area contributed by atoms with Crippen LogP contribution in [-0.4, -0.2) is 18.8 Å². The Morgan fingerprint density at radius 1 is 1.10 bits per heavy atom. The van der Waals surface area contributed by atoms with Crippen molar-refractivity contribution in [3.8, 4) is 0 Å². The molecule has 0 aliphatic rings. The molecule has 2 aromatic carbocycles. The zero-order valence-electron chi connectivity index (χ0n) is 12.6. The van der Waals surface area contributed by atoms with Crippen LogP contribution < -0.4 is 0 Å². The fourth-order valence-electron chi connectivity index (χ4n) is 2.11. The van der Waals surface area contributed by atoms with Crippen molar-refractivity contribution in [2.45, 2.75) is 24.7 Å². The number of methoxy groups -OCH3 is 1. The Balaban J connectivity index is 2.12. The van der Waals surface area contributed by atoms with Gasteiger partial charge in [-0.05, 0) is 42.7 Å². The van der Waals surface area contributed by atoms with Gasteiger partial charge in [-0.1, -0.05) is 36.4 Å². The number of aryl methyl sites for hydroxylation is 2. The molecule has 0 aromatic heterocycles. The monoisotopic (exact) mass is 300 g/mol. The second-order valence-electron chi connectivity index (χ2n) is 5.04. The maximum absolute atomic E-state index is 12.0. The van der Waals surface area contributed by atoms with E-state index in [1.165, 1.54) is 23.1 Å². The van der Waals surface area contributed by atoms with Crippen molar-refractivity contribution in [1.29, 1.82) is 0 Å². The van der Waals surface area contributed by atoms with Crippen LogP contribution in [0.2, 0.25) is 0 Å². The highest BCUT2D eigenvalue weighted by molar-refractivity contribution is 7.99. The first-order chi connectivity index (χ1) is 10.1. The number of carbonyl (C=O) groups excluding carboxylic acids is 1. The summed E-state index contributed by atoms with van der Waals surface area (Å²) in [5.74, 6) is 0.263. The van der Waals surface area contributed by atoms with Gasteiger partial charge in [0.2, 0.25) is 0 Å². The first-order valence-corrected chi connectivity index (χ1v) is 7.93. The van der Waals surface area contributed by atoms with Crippen molar-refractivity contribution < 1.29 is 9.53 Å². The highest BCUT2D eigenvalue weighted by Gasteiger charge is 2.21. The lowest BCUT2D eigenvalue weighted by molar-refractivity contribution is -0.141. The molecule has 0 aliphatic carbocycles. The Labute approximate surface area is 130 Å². The van der Waals surface area contributed by atoms with Crippen LogP contribution in [-0.2, 0) is 9.53 Å². The van der Waals surface area contributed by atoms with Gasteiger partial charge in [0, 0.05) is 10.6 Å². The zero-order chi connectivity index (χ0) is 15.2. The van der Waals surface area contributed by atoms with E-state index in [4.69, 9.17) is 4.74 Å². The average Bonchev–Trinajstić information content (AvgIpc) is 2.51. The first-order valence-electron chi connectivity index (χ1n) is 6.94. The van der Waals surface area contributed by atoms with Crippen LogP contribution in [0.25, 0.3) is 0 Å². The lowest BCUT2D eigenvalue weighted by atomic mass is 10.0. The Bertz CT molecular complexity index is 608. The summed E-state index contributed by atoms with van der Waals surface area (Å²) in [4.78, 5) is 13.2. The standard InChI is InChI=1S/C18H20O2S/c1-13-9-10-16(11-14(13)2)21-12-17(18(19)20-3)15-7-5-4-6-8-15/h4-11,17H,12H2,1-3H3. The minimum atomic E-state index is -0.234. The zero-order valence-corrected chi connectivity index (χ0v) is 13.4. The Morgan fingerprint density at radius 3 is 2.43 bits per heavy atom. The van der Waals surface area contributed by atoms with Crippen molar-refractivity contribution in [3.05, 3.63) is 65.2 Å². The molecule has 0 radical (unpaired) electrons. The summed E-state index contributed by atoms with van der Waals surface area (Å²) < 4.78 is 4.95. The van der Waals surface area contributed by atoms with Crippen molar-refractivity contribution in [2.24, 2.45) is 0 Å². The molecule has 2 aromatic rings. The van der Waals surface area contributed by atoms with E-state index in [0.29, 0.717) is 5.75 Å². The van der Waals surface area contributed by atoms with Crippen LogP contribution in [0.5, 0.6) is 0 Å². The molecule has 0 fully saturated rings. The number of esters is 1. The van der Waals surface area contributed by atoms with Gasteiger partial charge in [-0.3, -0.25) is 4.79 Å². The summed E-state index contributed by atoms with van der Waals surface area (Å²) in [5, 5.41) is 0. The third-order valence-corrected chi connectivity index (χ3v) is 4.67. The second-order valence-corrected chi connectivity index (χ2v) is 6.14. The van der Waals surface area contributed by atoms with E-state index < -0.39 is 0 Å². The summed E-state index contributed by atoms with van der Waals surface area (Å²) in [6.07, 6.45) is 0. The number of carbonyl (C=O) groups is 1. The summed E-state index contributed by atoms with van der Waals surface area (Å²) in [7, 11) is 1.44. The molecule has 3 heteroatoms. The molecule has 2 rings (SSSR count). The van der Waals surface area contributed by atoms with E-state index in [2.05, 4.69) is 32.0 Å². The molecule has 0 saturated carbocycles. The number of hydrogen-bond donors (Lipinski definition) is 0. The van der Waals surface area contributed by atoms with Gasteiger partial charge in [0.05, 0.1) is 13.0 Å². The quantitative estimate of drug-likeness (QED) is 0.606. The largest absolute Gasteiger partial charge is 0.469 e. The summed E-state index contributed by atoms with van der Waals surface area (Å²) in [6.45, 7) is 4.21. The number of thioether (sulfide) groups is 1. The second kappa shape index (κ2) is 7.32. The third kappa shape index (κ3) is 4.11. The molecule has 0 saturated heterocycles. The Morgan fingerprint density at radius 2 is 1.81 bits per heavy atom. The van der Waals surface area contributed by atoms with Crippen molar-refractivity contribution in [1.82, 2.24) is 0 Å². The van der Waals surface area contributed by atoms with Crippen LogP contribution in [0, 0.1) is 13.8 Å². The van der Waals surface area contributed by atoms with Gasteiger partial charge in [0.25, 0.3) is 0 Å². The van der Waals surface area contributed by atoms with Crippen LogP contribution in [0.3, 0.4) is 0 Å². The van der Waals surface area contributed by atoms with Gasteiger partial charge in [0.15, 0.2) is 0 Å². The SMILES string of the molecule is COC(=O)C(CSc1ccc(C)c(C)c1)c1ccccc1. The number of hydrogen-bond acceptors (Lipinski definition) is 3. The van der Waals surface area contributed by atoms with E-state index in [9.17, 15) is 4.79 Å². The fourth-order valence-corrected chi connectivity index (χ4v) is 3.22. The van der Waals surface area contributed by atoms with E-state index in [1.807, 2.05) is 30.3 Å². The third-order valence-electron chi connectivity index (χ3n) is 3.58. The van der Waals surface area contributed by atoms with Gasteiger partial charge in [-0.2, -0.15) is 0 Å². The van der Waals surface area contributed by atoms with Gasteiger partial charge in [-0.25, -0.2) is 0 Å². The molecule has 0 amide bonds. The predicted octanol–water partition coefficient (Wildman–Crippen LogP) is 4.35. The van der Waals surface area contributed by atoms with Gasteiger partial charge in [0.1, 0.15) is 0 Å². The lowest BCUT2D eigenvalue weighted by Crippen LogP contribution is -2.16. The average molecular weight is 300 g/mol. The lowest BCUT2D eigenvalue weighted by Gasteiger charge is -2.15. The van der Waals surface area contributed by atoms with Gasteiger partial charge in [-0.15, -0.1) is 11.8 Å². The minimum Gasteiger partial charge on any atom is -0.469 e. The smallest absolute Gasteiger partial charge is 0.313 e. The fraction of sp³-hybridized carbons (Fsp3) is 0.278. The van der Waals surface area contributed by atoms with Crippen LogP contribution in [0.1, 0.15) is 22.6 Å². The molecule has 1 unspecified atom stereocenters. The molecule has 0 N–H and O–H groups in total.